The first-order valence-electron chi connectivity index (χ1n) is 6.43. The molecule has 20 heavy (non-hydrogen) atoms. The van der Waals surface area contributed by atoms with Gasteiger partial charge in [-0.05, 0) is 25.0 Å². The summed E-state index contributed by atoms with van der Waals surface area (Å²) < 4.78 is 28.1. The molecule has 0 saturated carbocycles. The minimum atomic E-state index is -3.74. The Bertz CT molecular complexity index is 557. The molecule has 1 aromatic carbocycles. The zero-order valence-corrected chi connectivity index (χ0v) is 12.5. The molecule has 0 heterocycles. The highest BCUT2D eigenvalue weighted by molar-refractivity contribution is 7.90. The average Bonchev–Trinajstić information content (AvgIpc) is 2.38. The highest BCUT2D eigenvalue weighted by Gasteiger charge is 2.23. The van der Waals surface area contributed by atoms with Gasteiger partial charge in [0.15, 0.2) is 0 Å². The average molecular weight is 300 g/mol. The number of benzene rings is 1. The minimum absolute atomic E-state index is 0.0980. The third-order valence-electron chi connectivity index (χ3n) is 2.74. The van der Waals surface area contributed by atoms with E-state index in [1.54, 1.807) is 31.2 Å². The molecule has 0 aliphatic rings. The number of hydrogen-bond acceptors (Lipinski definition) is 3. The minimum Gasteiger partial charge on any atom is -0.481 e. The van der Waals surface area contributed by atoms with Gasteiger partial charge in [0.05, 0.1) is 12.1 Å². The summed E-state index contributed by atoms with van der Waals surface area (Å²) in [6.07, 6.45) is 0.418. The maximum atomic E-state index is 12.3. The Kier molecular flexibility index (Phi) is 5.97. The molecule has 0 aliphatic carbocycles. The van der Waals surface area contributed by atoms with Crippen LogP contribution in [0.25, 0.3) is 0 Å². The van der Waals surface area contributed by atoms with Crippen molar-refractivity contribution in [1.29, 1.82) is 0 Å². The number of aliphatic carboxylic acids is 1. The summed E-state index contributed by atoms with van der Waals surface area (Å²) in [7, 11) is -3.74. The molecule has 0 radical (unpaired) electrons. The van der Waals surface area contributed by atoms with Crippen molar-refractivity contribution in [2.75, 3.05) is 17.4 Å². The number of hydrogen-bond donors (Lipinski definition) is 2. The number of anilines is 1. The summed E-state index contributed by atoms with van der Waals surface area (Å²) in [5, 5.41) is 8.78. The lowest BCUT2D eigenvalue weighted by atomic mass is 10.2. The predicted octanol–water partition coefficient (Wildman–Crippen LogP) is 1.52. The maximum absolute atomic E-state index is 12.3. The van der Waals surface area contributed by atoms with Crippen molar-refractivity contribution in [1.82, 2.24) is 4.72 Å². The summed E-state index contributed by atoms with van der Waals surface area (Å²) >= 11 is 0. The first kappa shape index (κ1) is 16.5. The Balaban J connectivity index is 3.08. The van der Waals surface area contributed by atoms with Gasteiger partial charge in [-0.1, -0.05) is 25.1 Å². The van der Waals surface area contributed by atoms with Crippen LogP contribution < -0.4 is 9.03 Å². The molecular formula is C13H20N2O4S. The first-order chi connectivity index (χ1) is 9.38. The number of carbonyl (C=O) groups is 1. The summed E-state index contributed by atoms with van der Waals surface area (Å²) in [6, 6.07) is 6.99. The van der Waals surface area contributed by atoms with Crippen LogP contribution in [0.3, 0.4) is 0 Å². The Morgan fingerprint density at radius 3 is 2.55 bits per heavy atom. The molecule has 6 nitrogen and oxygen atoms in total. The van der Waals surface area contributed by atoms with Gasteiger partial charge >= 0.3 is 16.2 Å². The smallest absolute Gasteiger partial charge is 0.305 e. The molecule has 7 heteroatoms. The number of rotatable bonds is 8. The van der Waals surface area contributed by atoms with Crippen molar-refractivity contribution in [3.05, 3.63) is 29.8 Å². The van der Waals surface area contributed by atoms with Gasteiger partial charge in [0, 0.05) is 13.1 Å². The van der Waals surface area contributed by atoms with Gasteiger partial charge in [-0.25, -0.2) is 0 Å². The van der Waals surface area contributed by atoms with E-state index in [2.05, 4.69) is 4.72 Å². The second-order valence-corrected chi connectivity index (χ2v) is 6.08. The number of nitrogens with one attached hydrogen (secondary N) is 1. The Labute approximate surface area is 119 Å². The molecule has 0 bridgehead atoms. The van der Waals surface area contributed by atoms with Crippen molar-refractivity contribution >= 4 is 21.9 Å². The second kappa shape index (κ2) is 7.25. The Hall–Kier alpha value is -1.60. The Morgan fingerprint density at radius 1 is 1.35 bits per heavy atom. The van der Waals surface area contributed by atoms with E-state index in [4.69, 9.17) is 5.11 Å². The van der Waals surface area contributed by atoms with Crippen LogP contribution >= 0.6 is 0 Å². The lowest BCUT2D eigenvalue weighted by Gasteiger charge is -2.25. The van der Waals surface area contributed by atoms with Crippen LogP contribution in [0.4, 0.5) is 5.69 Å². The number of aryl methyl sites for hydroxylation is 1. The molecule has 0 fully saturated rings. The third-order valence-corrected chi connectivity index (χ3v) is 4.27. The summed E-state index contributed by atoms with van der Waals surface area (Å²) in [5.41, 5.74) is 1.28. The van der Waals surface area contributed by atoms with Crippen LogP contribution in [0.15, 0.2) is 24.3 Å². The highest BCUT2D eigenvalue weighted by Crippen LogP contribution is 2.22. The van der Waals surface area contributed by atoms with E-state index in [1.807, 2.05) is 6.92 Å². The van der Waals surface area contributed by atoms with E-state index in [0.29, 0.717) is 18.7 Å². The van der Waals surface area contributed by atoms with Crippen LogP contribution in [0, 0.1) is 6.92 Å². The molecule has 0 spiro atoms. The van der Waals surface area contributed by atoms with Gasteiger partial charge in [0.1, 0.15) is 0 Å². The molecule has 112 valence electrons. The second-order valence-electron chi connectivity index (χ2n) is 4.40. The van der Waals surface area contributed by atoms with E-state index in [1.165, 1.54) is 0 Å². The van der Waals surface area contributed by atoms with Crippen molar-refractivity contribution in [3.63, 3.8) is 0 Å². The van der Waals surface area contributed by atoms with Gasteiger partial charge in [-0.15, -0.1) is 0 Å². The van der Waals surface area contributed by atoms with Crippen LogP contribution in [0.2, 0.25) is 0 Å². The van der Waals surface area contributed by atoms with Crippen molar-refractivity contribution in [2.45, 2.75) is 26.7 Å². The molecule has 0 atom stereocenters. The van der Waals surface area contributed by atoms with Crippen LogP contribution in [0.5, 0.6) is 0 Å². The van der Waals surface area contributed by atoms with E-state index >= 15 is 0 Å². The topological polar surface area (TPSA) is 86.7 Å². The fourth-order valence-electron chi connectivity index (χ4n) is 1.72. The van der Waals surface area contributed by atoms with Crippen molar-refractivity contribution in [3.8, 4) is 0 Å². The molecule has 2 N–H and O–H groups in total. The summed E-state index contributed by atoms with van der Waals surface area (Å²) in [4.78, 5) is 10.7. The normalized spacial score (nSPS) is 11.3. The molecule has 0 saturated heterocycles. The van der Waals surface area contributed by atoms with Crippen LogP contribution in [-0.2, 0) is 15.0 Å². The van der Waals surface area contributed by atoms with E-state index < -0.39 is 16.2 Å². The lowest BCUT2D eigenvalue weighted by molar-refractivity contribution is -0.136. The predicted molar refractivity (Wildman–Crippen MR) is 78.0 cm³/mol. The molecule has 0 aliphatic heterocycles. The molecule has 0 unspecified atom stereocenters. The zero-order chi connectivity index (χ0) is 15.2. The summed E-state index contributed by atoms with van der Waals surface area (Å²) in [5.74, 6) is -1.03. The lowest BCUT2D eigenvalue weighted by Crippen LogP contribution is -2.42. The largest absolute Gasteiger partial charge is 0.481 e. The fourth-order valence-corrected chi connectivity index (χ4v) is 3.13. The fraction of sp³-hybridized carbons (Fsp3) is 0.462. The number of carboxylic acids is 1. The Morgan fingerprint density at radius 2 is 2.00 bits per heavy atom. The molecule has 0 amide bonds. The van der Waals surface area contributed by atoms with Crippen molar-refractivity contribution < 1.29 is 18.3 Å². The highest BCUT2D eigenvalue weighted by atomic mass is 32.2. The monoisotopic (exact) mass is 300 g/mol. The number of para-hydroxylation sites is 1. The number of nitrogens with zero attached hydrogens (tertiary/aromatic N) is 1. The van der Waals surface area contributed by atoms with Gasteiger partial charge in [-0.3, -0.25) is 9.10 Å². The van der Waals surface area contributed by atoms with Crippen LogP contribution in [-0.4, -0.2) is 32.6 Å². The van der Waals surface area contributed by atoms with E-state index in [9.17, 15) is 13.2 Å². The quantitative estimate of drug-likeness (QED) is 0.762. The van der Waals surface area contributed by atoms with Gasteiger partial charge in [0.25, 0.3) is 0 Å². The molecule has 1 aromatic rings. The van der Waals surface area contributed by atoms with Gasteiger partial charge < -0.3 is 5.11 Å². The third kappa shape index (κ3) is 4.50. The number of carboxylic acid groups (broad SMARTS) is 1. The molecule has 1 rings (SSSR count). The first-order valence-corrected chi connectivity index (χ1v) is 7.87. The molecular weight excluding hydrogens is 280 g/mol. The van der Waals surface area contributed by atoms with E-state index in [-0.39, 0.29) is 13.0 Å². The molecule has 0 aromatic heterocycles. The SMILES string of the molecule is CCCNS(=O)(=O)N(CCC(=O)O)c1ccccc1C. The van der Waals surface area contributed by atoms with Gasteiger partial charge in [0.2, 0.25) is 0 Å². The standard InChI is InChI=1S/C13H20N2O4S/c1-3-9-14-20(18,19)15(10-8-13(16)17)12-7-5-4-6-11(12)2/h4-7,14H,3,8-10H2,1-2H3,(H,16,17). The van der Waals surface area contributed by atoms with Gasteiger partial charge in [-0.2, -0.15) is 13.1 Å². The maximum Gasteiger partial charge on any atom is 0.305 e. The van der Waals surface area contributed by atoms with Crippen molar-refractivity contribution in [2.24, 2.45) is 0 Å². The van der Waals surface area contributed by atoms with E-state index in [0.717, 1.165) is 9.87 Å². The zero-order valence-electron chi connectivity index (χ0n) is 11.7. The summed E-state index contributed by atoms with van der Waals surface area (Å²) in [6.45, 7) is 3.87. The van der Waals surface area contributed by atoms with Crippen LogP contribution in [0.1, 0.15) is 25.3 Å².